The van der Waals surface area contributed by atoms with Crippen LogP contribution in [0.15, 0.2) is 18.2 Å². The molecule has 0 saturated heterocycles. The third kappa shape index (κ3) is 7.26. The van der Waals surface area contributed by atoms with E-state index in [0.29, 0.717) is 29.7 Å². The van der Waals surface area contributed by atoms with E-state index >= 15 is 0 Å². The average Bonchev–Trinajstić information content (AvgIpc) is 2.59. The minimum absolute atomic E-state index is 0.0134. The molecular weight excluding hydrogens is 294 g/mol. The van der Waals surface area contributed by atoms with Crippen LogP contribution < -0.4 is 19.5 Å². The zero-order valence-electron chi connectivity index (χ0n) is 14.7. The predicted octanol–water partition coefficient (Wildman–Crippen LogP) is 3.42. The number of hydrogen-bond acceptors (Lipinski definition) is 4. The standard InChI is InChI=1S/C18H29NO4/c1-5-7-8-14(6-2)12-19-18(20)13-23-17-10-15(21-3)9-16(11-17)22-4/h9-11,14H,5-8,12-13H2,1-4H3,(H,19,20)/t14-/m1/s1. The van der Waals surface area contributed by atoms with Crippen molar-refractivity contribution >= 4 is 5.91 Å². The van der Waals surface area contributed by atoms with Gasteiger partial charge < -0.3 is 19.5 Å². The second kappa shape index (κ2) is 10.8. The number of carbonyl (C=O) groups excluding carboxylic acids is 1. The van der Waals surface area contributed by atoms with Crippen molar-refractivity contribution in [2.24, 2.45) is 5.92 Å². The van der Waals surface area contributed by atoms with Crippen molar-refractivity contribution in [3.63, 3.8) is 0 Å². The predicted molar refractivity (Wildman–Crippen MR) is 91.4 cm³/mol. The van der Waals surface area contributed by atoms with Crippen molar-refractivity contribution in [1.29, 1.82) is 0 Å². The number of ether oxygens (including phenoxy) is 3. The summed E-state index contributed by atoms with van der Waals surface area (Å²) >= 11 is 0. The van der Waals surface area contributed by atoms with E-state index in [-0.39, 0.29) is 12.5 Å². The van der Waals surface area contributed by atoms with Crippen LogP contribution in [0.25, 0.3) is 0 Å². The minimum Gasteiger partial charge on any atom is -0.496 e. The van der Waals surface area contributed by atoms with Gasteiger partial charge in [0.25, 0.3) is 5.91 Å². The van der Waals surface area contributed by atoms with Crippen LogP contribution in [0.5, 0.6) is 17.2 Å². The van der Waals surface area contributed by atoms with Gasteiger partial charge in [0, 0.05) is 24.7 Å². The highest BCUT2D eigenvalue weighted by atomic mass is 16.5. The fourth-order valence-corrected chi connectivity index (χ4v) is 2.27. The van der Waals surface area contributed by atoms with E-state index in [1.54, 1.807) is 32.4 Å². The minimum atomic E-state index is -0.110. The van der Waals surface area contributed by atoms with E-state index in [1.807, 2.05) is 0 Å². The van der Waals surface area contributed by atoms with E-state index in [4.69, 9.17) is 14.2 Å². The molecule has 0 aromatic heterocycles. The Bertz CT molecular complexity index is 454. The lowest BCUT2D eigenvalue weighted by Crippen LogP contribution is -2.33. The van der Waals surface area contributed by atoms with Gasteiger partial charge in [0.1, 0.15) is 17.2 Å². The van der Waals surface area contributed by atoms with Crippen LogP contribution in [0.3, 0.4) is 0 Å². The Kier molecular flexibility index (Phi) is 8.95. The molecule has 130 valence electrons. The van der Waals surface area contributed by atoms with Gasteiger partial charge in [-0.25, -0.2) is 0 Å². The van der Waals surface area contributed by atoms with Crippen molar-refractivity contribution in [3.05, 3.63) is 18.2 Å². The molecule has 0 saturated carbocycles. The van der Waals surface area contributed by atoms with Gasteiger partial charge in [-0.2, -0.15) is 0 Å². The molecule has 5 heteroatoms. The quantitative estimate of drug-likeness (QED) is 0.678. The Morgan fingerprint density at radius 3 is 2.22 bits per heavy atom. The maximum atomic E-state index is 11.9. The Labute approximate surface area is 139 Å². The molecule has 0 aliphatic heterocycles. The molecule has 0 heterocycles. The van der Waals surface area contributed by atoms with Crippen LogP contribution in [0.2, 0.25) is 0 Å². The Hall–Kier alpha value is -1.91. The van der Waals surface area contributed by atoms with Crippen LogP contribution in [-0.2, 0) is 4.79 Å². The lowest BCUT2D eigenvalue weighted by atomic mass is 9.99. The van der Waals surface area contributed by atoms with Crippen LogP contribution >= 0.6 is 0 Å². The second-order valence-electron chi connectivity index (χ2n) is 5.56. The fourth-order valence-electron chi connectivity index (χ4n) is 2.27. The lowest BCUT2D eigenvalue weighted by Gasteiger charge is -2.15. The van der Waals surface area contributed by atoms with E-state index in [1.165, 1.54) is 12.8 Å². The summed E-state index contributed by atoms with van der Waals surface area (Å²) in [5.41, 5.74) is 0. The first kappa shape index (κ1) is 19.1. The summed E-state index contributed by atoms with van der Waals surface area (Å²) in [5.74, 6) is 2.24. The summed E-state index contributed by atoms with van der Waals surface area (Å²) in [6.45, 7) is 5.04. The summed E-state index contributed by atoms with van der Waals surface area (Å²) in [6, 6.07) is 5.21. The van der Waals surface area contributed by atoms with Crippen molar-refractivity contribution in [1.82, 2.24) is 5.32 Å². The first-order valence-corrected chi connectivity index (χ1v) is 8.25. The van der Waals surface area contributed by atoms with Crippen LogP contribution in [-0.4, -0.2) is 33.3 Å². The summed E-state index contributed by atoms with van der Waals surface area (Å²) < 4.78 is 15.9. The van der Waals surface area contributed by atoms with Crippen molar-refractivity contribution in [3.8, 4) is 17.2 Å². The van der Waals surface area contributed by atoms with E-state index in [9.17, 15) is 4.79 Å². The fraction of sp³-hybridized carbons (Fsp3) is 0.611. The van der Waals surface area contributed by atoms with Gasteiger partial charge in [-0.05, 0) is 12.3 Å². The highest BCUT2D eigenvalue weighted by Gasteiger charge is 2.10. The molecule has 1 rings (SSSR count). The monoisotopic (exact) mass is 323 g/mol. The van der Waals surface area contributed by atoms with E-state index in [0.717, 1.165) is 12.8 Å². The van der Waals surface area contributed by atoms with Crippen molar-refractivity contribution in [2.75, 3.05) is 27.4 Å². The zero-order valence-corrected chi connectivity index (χ0v) is 14.7. The van der Waals surface area contributed by atoms with Gasteiger partial charge in [-0.1, -0.05) is 33.1 Å². The molecule has 0 bridgehead atoms. The summed E-state index contributed by atoms with van der Waals surface area (Å²) in [7, 11) is 3.15. The van der Waals surface area contributed by atoms with E-state index in [2.05, 4.69) is 19.2 Å². The third-order valence-electron chi connectivity index (χ3n) is 3.83. The van der Waals surface area contributed by atoms with Crippen molar-refractivity contribution in [2.45, 2.75) is 39.5 Å². The number of benzene rings is 1. The first-order valence-electron chi connectivity index (χ1n) is 8.25. The third-order valence-corrected chi connectivity index (χ3v) is 3.83. The smallest absolute Gasteiger partial charge is 0.257 e. The molecule has 0 unspecified atom stereocenters. The molecule has 0 fully saturated rings. The molecule has 23 heavy (non-hydrogen) atoms. The molecule has 1 aromatic rings. The highest BCUT2D eigenvalue weighted by Crippen LogP contribution is 2.27. The maximum absolute atomic E-state index is 11.9. The van der Waals surface area contributed by atoms with Gasteiger partial charge in [-0.3, -0.25) is 4.79 Å². The van der Waals surface area contributed by atoms with Gasteiger partial charge in [-0.15, -0.1) is 0 Å². The molecule has 1 N–H and O–H groups in total. The maximum Gasteiger partial charge on any atom is 0.257 e. The van der Waals surface area contributed by atoms with Gasteiger partial charge in [0.2, 0.25) is 0 Å². The Balaban J connectivity index is 2.43. The summed E-state index contributed by atoms with van der Waals surface area (Å²) in [5, 5.41) is 2.94. The first-order chi connectivity index (χ1) is 11.1. The zero-order chi connectivity index (χ0) is 17.1. The van der Waals surface area contributed by atoms with Crippen LogP contribution in [0.1, 0.15) is 39.5 Å². The van der Waals surface area contributed by atoms with Crippen molar-refractivity contribution < 1.29 is 19.0 Å². The SMILES string of the molecule is CCCC[C@@H](CC)CNC(=O)COc1cc(OC)cc(OC)c1. The number of nitrogens with one attached hydrogen (secondary N) is 1. The molecule has 1 amide bonds. The molecule has 5 nitrogen and oxygen atoms in total. The summed E-state index contributed by atoms with van der Waals surface area (Å²) in [6.07, 6.45) is 4.62. The highest BCUT2D eigenvalue weighted by molar-refractivity contribution is 5.77. The van der Waals surface area contributed by atoms with Crippen LogP contribution in [0.4, 0.5) is 0 Å². The second-order valence-corrected chi connectivity index (χ2v) is 5.56. The number of unbranched alkanes of at least 4 members (excludes halogenated alkanes) is 1. The number of rotatable bonds is 11. The summed E-state index contributed by atoms with van der Waals surface area (Å²) in [4.78, 5) is 11.9. The van der Waals surface area contributed by atoms with Gasteiger partial charge in [0.15, 0.2) is 6.61 Å². The normalized spacial score (nSPS) is 11.7. The Morgan fingerprint density at radius 1 is 1.09 bits per heavy atom. The van der Waals surface area contributed by atoms with Gasteiger partial charge >= 0.3 is 0 Å². The van der Waals surface area contributed by atoms with E-state index < -0.39 is 0 Å². The van der Waals surface area contributed by atoms with Crippen LogP contribution in [0, 0.1) is 5.92 Å². The lowest BCUT2D eigenvalue weighted by molar-refractivity contribution is -0.123. The molecule has 0 aliphatic carbocycles. The molecule has 1 aromatic carbocycles. The molecule has 0 spiro atoms. The largest absolute Gasteiger partial charge is 0.496 e. The molecule has 0 radical (unpaired) electrons. The topological polar surface area (TPSA) is 56.8 Å². The number of carbonyl (C=O) groups is 1. The van der Waals surface area contributed by atoms with Gasteiger partial charge in [0.05, 0.1) is 14.2 Å². The Morgan fingerprint density at radius 2 is 1.70 bits per heavy atom. The molecular formula is C18H29NO4. The molecule has 0 aliphatic rings. The number of methoxy groups -OCH3 is 2. The number of amides is 1. The average molecular weight is 323 g/mol. The molecule has 1 atom stereocenters. The number of hydrogen-bond donors (Lipinski definition) is 1.